The molecule has 0 aromatic carbocycles. The maximum absolute atomic E-state index is 12.3. The van der Waals surface area contributed by atoms with Crippen LogP contribution < -0.4 is 0 Å². The van der Waals surface area contributed by atoms with E-state index in [-0.39, 0.29) is 18.6 Å². The zero-order chi connectivity index (χ0) is 16.8. The maximum atomic E-state index is 12.3. The van der Waals surface area contributed by atoms with Gasteiger partial charge in [0.1, 0.15) is 0 Å². The van der Waals surface area contributed by atoms with E-state index < -0.39 is 5.97 Å². The van der Waals surface area contributed by atoms with Crippen LogP contribution in [0.3, 0.4) is 0 Å². The lowest BCUT2D eigenvalue weighted by molar-refractivity contribution is -0.142. The highest BCUT2D eigenvalue weighted by Crippen LogP contribution is 2.22. The number of amides is 1. The van der Waals surface area contributed by atoms with Gasteiger partial charge in [0.2, 0.25) is 5.91 Å². The molecule has 0 radical (unpaired) electrons. The molecule has 2 heterocycles. The molecule has 8 heteroatoms. The Morgan fingerprint density at radius 2 is 2.30 bits per heavy atom. The first kappa shape index (κ1) is 18.2. The zero-order valence-electron chi connectivity index (χ0n) is 13.0. The lowest BCUT2D eigenvalue weighted by atomic mass is 10.2. The van der Waals surface area contributed by atoms with Crippen molar-refractivity contribution in [2.45, 2.75) is 18.9 Å². The summed E-state index contributed by atoms with van der Waals surface area (Å²) in [7, 11) is 1.73. The Bertz CT molecular complexity index is 551. The van der Waals surface area contributed by atoms with Gasteiger partial charge in [-0.15, -0.1) is 11.3 Å². The summed E-state index contributed by atoms with van der Waals surface area (Å²) in [6, 6.07) is 3.79. The van der Waals surface area contributed by atoms with Crippen LogP contribution in [0.15, 0.2) is 12.1 Å². The highest BCUT2D eigenvalue weighted by atomic mass is 35.5. The van der Waals surface area contributed by atoms with Crippen LogP contribution in [0.1, 0.15) is 11.3 Å². The number of carbonyl (C=O) groups is 2. The summed E-state index contributed by atoms with van der Waals surface area (Å²) >= 11 is 7.39. The zero-order valence-corrected chi connectivity index (χ0v) is 14.6. The molecule has 2 rings (SSSR count). The molecule has 23 heavy (non-hydrogen) atoms. The van der Waals surface area contributed by atoms with Crippen LogP contribution >= 0.6 is 22.9 Å². The summed E-state index contributed by atoms with van der Waals surface area (Å²) in [4.78, 5) is 27.6. The number of ether oxygens (including phenoxy) is 1. The summed E-state index contributed by atoms with van der Waals surface area (Å²) in [6.07, 6.45) is 0.999. The van der Waals surface area contributed by atoms with E-state index >= 15 is 0 Å². The first-order valence-corrected chi connectivity index (χ1v) is 8.67. The molecule has 0 aliphatic carbocycles. The third-order valence-electron chi connectivity index (χ3n) is 3.63. The van der Waals surface area contributed by atoms with E-state index in [1.54, 1.807) is 16.8 Å². The first-order valence-electron chi connectivity index (χ1n) is 7.48. The smallest absolute Gasteiger partial charge is 0.317 e. The number of likely N-dealkylation sites (N-methyl/N-ethyl adjacent to an activating group) is 1. The monoisotopic (exact) mass is 360 g/mol. The van der Waals surface area contributed by atoms with Crippen molar-refractivity contribution >= 4 is 34.8 Å². The SMILES string of the molecule is CN(CC(=O)O)C[C@H]1CN(C(=O)CCc2ccc(Cl)s2)CCO1. The second-order valence-corrected chi connectivity index (χ2v) is 7.43. The van der Waals surface area contributed by atoms with Crippen molar-refractivity contribution in [1.82, 2.24) is 9.80 Å². The number of carboxylic acid groups (broad SMARTS) is 1. The molecule has 1 atom stereocenters. The number of hydrogen-bond donors (Lipinski definition) is 1. The second kappa shape index (κ2) is 8.63. The van der Waals surface area contributed by atoms with Gasteiger partial charge in [0.25, 0.3) is 0 Å². The van der Waals surface area contributed by atoms with E-state index in [2.05, 4.69) is 0 Å². The van der Waals surface area contributed by atoms with Crippen molar-refractivity contribution in [2.24, 2.45) is 0 Å². The number of thiophene rings is 1. The standard InChI is InChI=1S/C15H21ClN2O4S/c1-17(10-15(20)21)8-11-9-18(6-7-22-11)14(19)5-3-12-2-4-13(16)23-12/h2,4,11H,3,5-10H2,1H3,(H,20,21)/t11-/m0/s1. The van der Waals surface area contributed by atoms with Gasteiger partial charge >= 0.3 is 5.97 Å². The minimum absolute atomic E-state index is 0.0348. The number of halogens is 1. The second-order valence-electron chi connectivity index (χ2n) is 5.63. The Morgan fingerprint density at radius 1 is 1.52 bits per heavy atom. The Labute approximate surface area is 144 Å². The summed E-state index contributed by atoms with van der Waals surface area (Å²) in [5.74, 6) is -0.769. The van der Waals surface area contributed by atoms with Gasteiger partial charge in [-0.05, 0) is 25.6 Å². The highest BCUT2D eigenvalue weighted by Gasteiger charge is 2.25. The van der Waals surface area contributed by atoms with Crippen molar-refractivity contribution in [3.8, 4) is 0 Å². The normalized spacial score (nSPS) is 18.4. The fourth-order valence-electron chi connectivity index (χ4n) is 2.57. The number of aryl methyl sites for hydroxylation is 1. The minimum atomic E-state index is -0.870. The van der Waals surface area contributed by atoms with Gasteiger partial charge in [0, 0.05) is 30.9 Å². The summed E-state index contributed by atoms with van der Waals surface area (Å²) in [5.41, 5.74) is 0. The molecule has 6 nitrogen and oxygen atoms in total. The Morgan fingerprint density at radius 3 is 2.96 bits per heavy atom. The predicted octanol–water partition coefficient (Wildman–Crippen LogP) is 1.58. The summed E-state index contributed by atoms with van der Waals surface area (Å²) in [5, 5.41) is 8.78. The van der Waals surface area contributed by atoms with Crippen LogP contribution in [0.2, 0.25) is 4.34 Å². The van der Waals surface area contributed by atoms with Crippen LogP contribution in [0.25, 0.3) is 0 Å². The van der Waals surface area contributed by atoms with Gasteiger partial charge in [-0.1, -0.05) is 11.6 Å². The number of carbonyl (C=O) groups excluding carboxylic acids is 1. The quantitative estimate of drug-likeness (QED) is 0.799. The Kier molecular flexibility index (Phi) is 6.83. The van der Waals surface area contributed by atoms with Gasteiger partial charge in [-0.25, -0.2) is 0 Å². The van der Waals surface area contributed by atoms with Crippen molar-refractivity contribution in [3.05, 3.63) is 21.3 Å². The van der Waals surface area contributed by atoms with Gasteiger partial charge in [-0.2, -0.15) is 0 Å². The molecule has 0 spiro atoms. The predicted molar refractivity (Wildman–Crippen MR) is 89.1 cm³/mol. The molecule has 1 fully saturated rings. The molecule has 0 bridgehead atoms. The van der Waals surface area contributed by atoms with E-state index in [9.17, 15) is 9.59 Å². The summed E-state index contributed by atoms with van der Waals surface area (Å²) < 4.78 is 6.37. The Hall–Kier alpha value is -1.15. The van der Waals surface area contributed by atoms with Crippen LogP contribution in [0, 0.1) is 0 Å². The molecule has 0 unspecified atom stereocenters. The van der Waals surface area contributed by atoms with E-state index in [1.807, 2.05) is 12.1 Å². The number of aliphatic carboxylic acids is 1. The van der Waals surface area contributed by atoms with Crippen molar-refractivity contribution in [3.63, 3.8) is 0 Å². The van der Waals surface area contributed by atoms with Crippen molar-refractivity contribution in [2.75, 3.05) is 39.8 Å². The number of carboxylic acids is 1. The van der Waals surface area contributed by atoms with Crippen LogP contribution in [-0.4, -0.2) is 72.7 Å². The molecule has 0 saturated carbocycles. The van der Waals surface area contributed by atoms with E-state index in [0.717, 1.165) is 9.21 Å². The highest BCUT2D eigenvalue weighted by molar-refractivity contribution is 7.16. The van der Waals surface area contributed by atoms with Gasteiger partial charge < -0.3 is 14.7 Å². The minimum Gasteiger partial charge on any atom is -0.480 e. The molecule has 128 valence electrons. The molecule has 1 N–H and O–H groups in total. The maximum Gasteiger partial charge on any atom is 0.317 e. The van der Waals surface area contributed by atoms with Crippen molar-refractivity contribution in [1.29, 1.82) is 0 Å². The number of hydrogen-bond acceptors (Lipinski definition) is 5. The fraction of sp³-hybridized carbons (Fsp3) is 0.600. The van der Waals surface area contributed by atoms with E-state index in [4.69, 9.17) is 21.4 Å². The molecule has 1 amide bonds. The van der Waals surface area contributed by atoms with Crippen LogP contribution in [-0.2, 0) is 20.7 Å². The van der Waals surface area contributed by atoms with Gasteiger partial charge in [0.05, 0.1) is 23.6 Å². The molecule has 1 aliphatic rings. The van der Waals surface area contributed by atoms with Crippen LogP contribution in [0.5, 0.6) is 0 Å². The molecular formula is C15H21ClN2O4S. The number of nitrogens with zero attached hydrogens (tertiary/aromatic N) is 2. The largest absolute Gasteiger partial charge is 0.480 e. The summed E-state index contributed by atoms with van der Waals surface area (Å²) in [6.45, 7) is 2.04. The third-order valence-corrected chi connectivity index (χ3v) is 4.92. The molecule has 1 aromatic heterocycles. The Balaban J connectivity index is 1.78. The first-order chi connectivity index (χ1) is 10.9. The van der Waals surface area contributed by atoms with Gasteiger partial charge in [-0.3, -0.25) is 14.5 Å². The average Bonchev–Trinajstić information content (AvgIpc) is 2.89. The lowest BCUT2D eigenvalue weighted by Gasteiger charge is -2.34. The van der Waals surface area contributed by atoms with E-state index in [0.29, 0.717) is 39.1 Å². The van der Waals surface area contributed by atoms with Crippen LogP contribution in [0.4, 0.5) is 0 Å². The topological polar surface area (TPSA) is 70.1 Å². The molecule has 1 aliphatic heterocycles. The lowest BCUT2D eigenvalue weighted by Crippen LogP contribution is -2.49. The fourth-order valence-corrected chi connectivity index (χ4v) is 3.66. The number of morpholine rings is 1. The molecular weight excluding hydrogens is 340 g/mol. The molecule has 1 aromatic rings. The average molecular weight is 361 g/mol. The number of rotatable bonds is 7. The van der Waals surface area contributed by atoms with E-state index in [1.165, 1.54) is 11.3 Å². The molecule has 1 saturated heterocycles. The van der Waals surface area contributed by atoms with Gasteiger partial charge in [0.15, 0.2) is 0 Å². The third kappa shape index (κ3) is 6.10. The van der Waals surface area contributed by atoms with Crippen molar-refractivity contribution < 1.29 is 19.4 Å².